The second-order valence-corrected chi connectivity index (χ2v) is 5.87. The van der Waals surface area contributed by atoms with E-state index in [1.165, 1.54) is 31.5 Å². The molecule has 20 heavy (non-hydrogen) atoms. The Morgan fingerprint density at radius 3 is 2.70 bits per heavy atom. The average molecular weight is 276 g/mol. The van der Waals surface area contributed by atoms with Crippen LogP contribution in [0.2, 0.25) is 0 Å². The van der Waals surface area contributed by atoms with Crippen LogP contribution in [0, 0.1) is 0 Å². The third-order valence-corrected chi connectivity index (χ3v) is 3.91. The van der Waals surface area contributed by atoms with Gasteiger partial charge in [0.2, 0.25) is 0 Å². The van der Waals surface area contributed by atoms with Gasteiger partial charge in [0.25, 0.3) is 0 Å². The van der Waals surface area contributed by atoms with Crippen molar-refractivity contribution < 1.29 is 4.74 Å². The lowest BCUT2D eigenvalue weighted by atomic mass is 10.2. The third kappa shape index (κ3) is 4.50. The Hall–Kier alpha value is -1.06. The molecule has 1 atom stereocenters. The van der Waals surface area contributed by atoms with Crippen LogP contribution in [0.5, 0.6) is 5.75 Å². The largest absolute Gasteiger partial charge is 0.491 e. The molecule has 0 saturated carbocycles. The molecule has 0 amide bonds. The molecule has 1 heterocycles. The van der Waals surface area contributed by atoms with Crippen molar-refractivity contribution in [2.75, 3.05) is 19.6 Å². The van der Waals surface area contributed by atoms with Crippen molar-refractivity contribution in [1.29, 1.82) is 0 Å². The van der Waals surface area contributed by atoms with E-state index in [0.29, 0.717) is 0 Å². The number of benzene rings is 1. The van der Waals surface area contributed by atoms with Gasteiger partial charge >= 0.3 is 0 Å². The molecule has 0 bridgehead atoms. The molecule has 0 aliphatic carbocycles. The van der Waals surface area contributed by atoms with Crippen LogP contribution in [0.1, 0.15) is 39.2 Å². The number of nitrogens with one attached hydrogen (secondary N) is 1. The van der Waals surface area contributed by atoms with E-state index in [4.69, 9.17) is 4.74 Å². The normalized spacial score (nSPS) is 19.7. The van der Waals surface area contributed by atoms with Crippen LogP contribution in [-0.2, 0) is 6.54 Å². The number of rotatable bonds is 7. The monoisotopic (exact) mass is 276 g/mol. The van der Waals surface area contributed by atoms with Gasteiger partial charge in [-0.15, -0.1) is 0 Å². The van der Waals surface area contributed by atoms with Crippen LogP contribution in [0.15, 0.2) is 24.3 Å². The van der Waals surface area contributed by atoms with E-state index in [-0.39, 0.29) is 6.10 Å². The van der Waals surface area contributed by atoms with E-state index in [0.717, 1.165) is 24.9 Å². The SMILES string of the molecule is CCN1CCCC1CNCc1ccc(OC(C)C)cc1. The molecule has 0 spiro atoms. The van der Waals surface area contributed by atoms with Crippen LogP contribution >= 0.6 is 0 Å². The average Bonchev–Trinajstić information content (AvgIpc) is 2.87. The van der Waals surface area contributed by atoms with Crippen molar-refractivity contribution in [3.05, 3.63) is 29.8 Å². The molecule has 3 heteroatoms. The Labute approximate surface area is 123 Å². The summed E-state index contributed by atoms with van der Waals surface area (Å²) in [4.78, 5) is 2.58. The highest BCUT2D eigenvalue weighted by Gasteiger charge is 2.21. The van der Waals surface area contributed by atoms with Gasteiger partial charge in [-0.1, -0.05) is 19.1 Å². The fourth-order valence-corrected chi connectivity index (χ4v) is 2.88. The molecule has 1 aliphatic heterocycles. The zero-order valence-electron chi connectivity index (χ0n) is 13.1. The topological polar surface area (TPSA) is 24.5 Å². The smallest absolute Gasteiger partial charge is 0.119 e. The van der Waals surface area contributed by atoms with E-state index < -0.39 is 0 Å². The summed E-state index contributed by atoms with van der Waals surface area (Å²) in [6, 6.07) is 9.15. The first-order chi connectivity index (χ1) is 9.69. The molecular formula is C17H28N2O. The van der Waals surface area contributed by atoms with Gasteiger partial charge in [-0.25, -0.2) is 0 Å². The van der Waals surface area contributed by atoms with Crippen molar-refractivity contribution in [3.8, 4) is 5.75 Å². The Kier molecular flexibility index (Phi) is 5.86. The summed E-state index contributed by atoms with van der Waals surface area (Å²) in [5, 5.41) is 3.59. The summed E-state index contributed by atoms with van der Waals surface area (Å²) in [5.41, 5.74) is 1.32. The molecule has 1 aliphatic rings. The van der Waals surface area contributed by atoms with Crippen LogP contribution in [0.25, 0.3) is 0 Å². The lowest BCUT2D eigenvalue weighted by Gasteiger charge is -2.23. The van der Waals surface area contributed by atoms with Gasteiger partial charge in [-0.2, -0.15) is 0 Å². The van der Waals surface area contributed by atoms with E-state index in [1.54, 1.807) is 0 Å². The van der Waals surface area contributed by atoms with Gasteiger partial charge in [0.1, 0.15) is 5.75 Å². The number of ether oxygens (including phenoxy) is 1. The molecule has 2 rings (SSSR count). The maximum Gasteiger partial charge on any atom is 0.119 e. The summed E-state index contributed by atoms with van der Waals surface area (Å²) in [5.74, 6) is 0.955. The van der Waals surface area contributed by atoms with Gasteiger partial charge in [0.05, 0.1) is 6.10 Å². The van der Waals surface area contributed by atoms with Crippen molar-refractivity contribution in [3.63, 3.8) is 0 Å². The van der Waals surface area contributed by atoms with E-state index in [1.807, 2.05) is 0 Å². The molecule has 112 valence electrons. The molecule has 3 nitrogen and oxygen atoms in total. The predicted octanol–water partition coefficient (Wildman–Crippen LogP) is 3.05. The summed E-state index contributed by atoms with van der Waals surface area (Å²) in [6.07, 6.45) is 2.92. The first-order valence-electron chi connectivity index (χ1n) is 7.89. The fourth-order valence-electron chi connectivity index (χ4n) is 2.88. The standard InChI is InChI=1S/C17H28N2O/c1-4-19-11-5-6-16(19)13-18-12-15-7-9-17(10-8-15)20-14(2)3/h7-10,14,16,18H,4-6,11-13H2,1-3H3. The zero-order valence-corrected chi connectivity index (χ0v) is 13.1. The molecule has 1 aromatic rings. The Bertz CT molecular complexity index is 388. The molecule has 1 unspecified atom stereocenters. The van der Waals surface area contributed by atoms with Crippen LogP contribution < -0.4 is 10.1 Å². The highest BCUT2D eigenvalue weighted by Crippen LogP contribution is 2.16. The number of hydrogen-bond donors (Lipinski definition) is 1. The van der Waals surface area contributed by atoms with Gasteiger partial charge in [0.15, 0.2) is 0 Å². The number of likely N-dealkylation sites (tertiary alicyclic amines) is 1. The maximum absolute atomic E-state index is 5.66. The summed E-state index contributed by atoms with van der Waals surface area (Å²) in [7, 11) is 0. The first-order valence-corrected chi connectivity index (χ1v) is 7.89. The molecule has 1 fully saturated rings. The molecule has 0 aromatic heterocycles. The van der Waals surface area contributed by atoms with E-state index >= 15 is 0 Å². The Morgan fingerprint density at radius 1 is 1.30 bits per heavy atom. The molecule has 1 saturated heterocycles. The highest BCUT2D eigenvalue weighted by atomic mass is 16.5. The Balaban J connectivity index is 1.74. The Morgan fingerprint density at radius 2 is 2.05 bits per heavy atom. The van der Waals surface area contributed by atoms with Crippen molar-refractivity contribution in [1.82, 2.24) is 10.2 Å². The van der Waals surface area contributed by atoms with Crippen LogP contribution in [0.4, 0.5) is 0 Å². The van der Waals surface area contributed by atoms with Crippen molar-refractivity contribution >= 4 is 0 Å². The molecule has 1 N–H and O–H groups in total. The summed E-state index contributed by atoms with van der Waals surface area (Å²) in [6.45, 7) is 10.8. The first kappa shape index (κ1) is 15.3. The van der Waals surface area contributed by atoms with Gasteiger partial charge in [-0.05, 0) is 57.5 Å². The molecule has 0 radical (unpaired) electrons. The quantitative estimate of drug-likeness (QED) is 0.828. The maximum atomic E-state index is 5.66. The summed E-state index contributed by atoms with van der Waals surface area (Å²) >= 11 is 0. The predicted molar refractivity (Wildman–Crippen MR) is 84.2 cm³/mol. The zero-order chi connectivity index (χ0) is 14.4. The lowest BCUT2D eigenvalue weighted by Crippen LogP contribution is -2.37. The summed E-state index contributed by atoms with van der Waals surface area (Å²) < 4.78 is 5.66. The fraction of sp³-hybridized carbons (Fsp3) is 0.647. The van der Waals surface area contributed by atoms with E-state index in [9.17, 15) is 0 Å². The number of nitrogens with zero attached hydrogens (tertiary/aromatic N) is 1. The number of hydrogen-bond acceptors (Lipinski definition) is 3. The van der Waals surface area contributed by atoms with Crippen molar-refractivity contribution in [2.24, 2.45) is 0 Å². The molecule has 1 aromatic carbocycles. The van der Waals surface area contributed by atoms with E-state index in [2.05, 4.69) is 55.3 Å². The minimum atomic E-state index is 0.237. The molecular weight excluding hydrogens is 248 g/mol. The third-order valence-electron chi connectivity index (χ3n) is 3.91. The minimum absolute atomic E-state index is 0.237. The van der Waals surface area contributed by atoms with Crippen LogP contribution in [-0.4, -0.2) is 36.7 Å². The van der Waals surface area contributed by atoms with Gasteiger partial charge in [-0.3, -0.25) is 4.90 Å². The minimum Gasteiger partial charge on any atom is -0.491 e. The second kappa shape index (κ2) is 7.65. The lowest BCUT2D eigenvalue weighted by molar-refractivity contribution is 0.242. The number of likely N-dealkylation sites (N-methyl/N-ethyl adjacent to an activating group) is 1. The van der Waals surface area contributed by atoms with Crippen LogP contribution in [0.3, 0.4) is 0 Å². The highest BCUT2D eigenvalue weighted by molar-refractivity contribution is 5.27. The van der Waals surface area contributed by atoms with Gasteiger partial charge in [0, 0.05) is 19.1 Å². The second-order valence-electron chi connectivity index (χ2n) is 5.87. The van der Waals surface area contributed by atoms with Gasteiger partial charge < -0.3 is 10.1 Å². The van der Waals surface area contributed by atoms with Crippen molar-refractivity contribution in [2.45, 2.75) is 52.3 Å².